The number of carboxylic acids is 1. The average molecular weight is 522 g/mol. The molecule has 0 radical (unpaired) electrons. The summed E-state index contributed by atoms with van der Waals surface area (Å²) in [5, 5.41) is 26.6. The highest BCUT2D eigenvalue weighted by molar-refractivity contribution is 5.94. The number of hydrogen-bond donors (Lipinski definition) is 8. The smallest absolute Gasteiger partial charge is 0.326 e. The predicted octanol–water partition coefficient (Wildman–Crippen LogP) is -1.81. The van der Waals surface area contributed by atoms with E-state index in [-0.39, 0.29) is 37.7 Å². The number of rotatable bonds is 16. The van der Waals surface area contributed by atoms with Crippen LogP contribution in [0.15, 0.2) is 35.3 Å². The van der Waals surface area contributed by atoms with Gasteiger partial charge in [0.05, 0.1) is 12.6 Å². The lowest BCUT2D eigenvalue weighted by atomic mass is 10.0. The van der Waals surface area contributed by atoms with Gasteiger partial charge in [-0.15, -0.1) is 0 Å². The Morgan fingerprint density at radius 1 is 0.919 bits per heavy atom. The number of carboxylic acid groups (broad SMARTS) is 1. The van der Waals surface area contributed by atoms with Crippen LogP contribution in [0.25, 0.3) is 0 Å². The number of benzene rings is 1. The molecule has 0 heterocycles. The number of nitrogens with two attached hydrogens (primary N) is 3. The Morgan fingerprint density at radius 2 is 1.49 bits per heavy atom. The highest BCUT2D eigenvalue weighted by Crippen LogP contribution is 2.08. The van der Waals surface area contributed by atoms with Crippen molar-refractivity contribution in [1.82, 2.24) is 16.0 Å². The fraction of sp³-hybridized carbons (Fsp3) is 0.542. The fourth-order valence-electron chi connectivity index (χ4n) is 3.42. The van der Waals surface area contributed by atoms with Gasteiger partial charge in [-0.25, -0.2) is 4.79 Å². The summed E-state index contributed by atoms with van der Waals surface area (Å²) in [5.41, 5.74) is 17.1. The van der Waals surface area contributed by atoms with Crippen molar-refractivity contribution in [2.75, 3.05) is 13.2 Å². The van der Waals surface area contributed by atoms with Gasteiger partial charge >= 0.3 is 5.97 Å². The first-order valence-corrected chi connectivity index (χ1v) is 12.0. The zero-order chi connectivity index (χ0) is 28.0. The first-order chi connectivity index (χ1) is 17.4. The average Bonchev–Trinajstić information content (AvgIpc) is 2.83. The Balaban J connectivity index is 2.92. The van der Waals surface area contributed by atoms with Crippen molar-refractivity contribution in [1.29, 1.82) is 0 Å². The van der Waals surface area contributed by atoms with E-state index in [1.165, 1.54) is 0 Å². The molecule has 0 saturated carbocycles. The van der Waals surface area contributed by atoms with Crippen LogP contribution in [0.2, 0.25) is 0 Å². The summed E-state index contributed by atoms with van der Waals surface area (Å²) in [6.45, 7) is 3.18. The highest BCUT2D eigenvalue weighted by Gasteiger charge is 2.30. The summed E-state index contributed by atoms with van der Waals surface area (Å²) < 4.78 is 0. The maximum atomic E-state index is 13.0. The SMILES string of the molecule is CC(C)CC(NC(=O)C(Cc1ccccc1)NC(=O)C(CO)NC(=O)C(N)CCCN=C(N)N)C(=O)O. The first kappa shape index (κ1) is 31.3. The molecule has 1 aromatic carbocycles. The fourth-order valence-corrected chi connectivity index (χ4v) is 3.42. The molecular weight excluding hydrogens is 482 g/mol. The van der Waals surface area contributed by atoms with Gasteiger partial charge in [-0.05, 0) is 30.7 Å². The lowest BCUT2D eigenvalue weighted by molar-refractivity contribution is -0.142. The van der Waals surface area contributed by atoms with Gasteiger partial charge in [0.15, 0.2) is 5.96 Å². The number of aliphatic hydroxyl groups excluding tert-OH is 1. The van der Waals surface area contributed by atoms with E-state index in [4.69, 9.17) is 17.2 Å². The van der Waals surface area contributed by atoms with E-state index in [1.54, 1.807) is 30.3 Å². The van der Waals surface area contributed by atoms with E-state index >= 15 is 0 Å². The molecule has 1 aromatic rings. The third-order valence-corrected chi connectivity index (χ3v) is 5.36. The second-order valence-electron chi connectivity index (χ2n) is 9.08. The maximum absolute atomic E-state index is 13.0. The number of nitrogens with zero attached hydrogens (tertiary/aromatic N) is 1. The molecule has 37 heavy (non-hydrogen) atoms. The first-order valence-electron chi connectivity index (χ1n) is 12.0. The second kappa shape index (κ2) is 16.1. The second-order valence-corrected chi connectivity index (χ2v) is 9.08. The van der Waals surface area contributed by atoms with Gasteiger partial charge in [0.2, 0.25) is 17.7 Å². The number of aliphatic hydroxyl groups is 1. The molecular formula is C24H39N7O6. The van der Waals surface area contributed by atoms with Crippen LogP contribution in [0.5, 0.6) is 0 Å². The molecule has 0 spiro atoms. The molecule has 4 atom stereocenters. The number of nitrogens with one attached hydrogen (secondary N) is 3. The minimum Gasteiger partial charge on any atom is -0.480 e. The molecule has 0 aromatic heterocycles. The van der Waals surface area contributed by atoms with Crippen molar-refractivity contribution >= 4 is 29.7 Å². The van der Waals surface area contributed by atoms with E-state index < -0.39 is 54.5 Å². The summed E-state index contributed by atoms with van der Waals surface area (Å²) in [4.78, 5) is 53.8. The van der Waals surface area contributed by atoms with E-state index in [1.807, 2.05) is 13.8 Å². The minimum absolute atomic E-state index is 0.00113. The van der Waals surface area contributed by atoms with Gasteiger partial charge in [-0.1, -0.05) is 44.2 Å². The number of aliphatic carboxylic acids is 1. The monoisotopic (exact) mass is 521 g/mol. The van der Waals surface area contributed by atoms with Gasteiger partial charge in [-0.2, -0.15) is 0 Å². The number of guanidine groups is 1. The Kier molecular flexibility index (Phi) is 13.6. The van der Waals surface area contributed by atoms with Gasteiger partial charge < -0.3 is 43.4 Å². The van der Waals surface area contributed by atoms with Crippen molar-refractivity contribution in [2.24, 2.45) is 28.1 Å². The van der Waals surface area contributed by atoms with Crippen LogP contribution in [0, 0.1) is 5.92 Å². The number of carbonyl (C=O) groups excluding carboxylic acids is 3. The quantitative estimate of drug-likeness (QED) is 0.0694. The number of amides is 3. The molecule has 1 rings (SSSR count). The molecule has 206 valence electrons. The van der Waals surface area contributed by atoms with E-state index in [2.05, 4.69) is 20.9 Å². The zero-order valence-corrected chi connectivity index (χ0v) is 21.2. The van der Waals surface area contributed by atoms with Crippen molar-refractivity contribution in [3.8, 4) is 0 Å². The molecule has 0 aliphatic rings. The zero-order valence-electron chi connectivity index (χ0n) is 21.2. The maximum Gasteiger partial charge on any atom is 0.326 e. The van der Waals surface area contributed by atoms with Crippen LogP contribution < -0.4 is 33.2 Å². The summed E-state index contributed by atoms with van der Waals surface area (Å²) in [5.74, 6) is -3.48. The molecule has 0 saturated heterocycles. The van der Waals surface area contributed by atoms with Crippen molar-refractivity contribution in [3.05, 3.63) is 35.9 Å². The molecule has 13 nitrogen and oxygen atoms in total. The predicted molar refractivity (Wildman–Crippen MR) is 138 cm³/mol. The van der Waals surface area contributed by atoms with Gasteiger partial charge in [0.25, 0.3) is 0 Å². The number of aliphatic imine (C=N–C) groups is 1. The number of carbonyl (C=O) groups is 4. The Bertz CT molecular complexity index is 921. The molecule has 0 aliphatic heterocycles. The lowest BCUT2D eigenvalue weighted by Gasteiger charge is -2.25. The Hall–Kier alpha value is -3.71. The summed E-state index contributed by atoms with van der Waals surface area (Å²) in [7, 11) is 0. The largest absolute Gasteiger partial charge is 0.480 e. The van der Waals surface area contributed by atoms with E-state index in [9.17, 15) is 29.4 Å². The molecule has 0 fully saturated rings. The molecule has 0 aliphatic carbocycles. The van der Waals surface area contributed by atoms with Crippen molar-refractivity contribution in [3.63, 3.8) is 0 Å². The molecule has 0 bridgehead atoms. The molecule has 11 N–H and O–H groups in total. The van der Waals surface area contributed by atoms with Crippen LogP contribution in [-0.2, 0) is 25.6 Å². The Morgan fingerprint density at radius 3 is 2.03 bits per heavy atom. The van der Waals surface area contributed by atoms with E-state index in [0.29, 0.717) is 12.0 Å². The summed E-state index contributed by atoms with van der Waals surface area (Å²) >= 11 is 0. The third-order valence-electron chi connectivity index (χ3n) is 5.36. The van der Waals surface area contributed by atoms with Crippen molar-refractivity contribution < 1.29 is 29.4 Å². The van der Waals surface area contributed by atoms with Gasteiger partial charge in [-0.3, -0.25) is 19.4 Å². The van der Waals surface area contributed by atoms with Crippen LogP contribution in [-0.4, -0.2) is 77.2 Å². The summed E-state index contributed by atoms with van der Waals surface area (Å²) in [6, 6.07) is 4.14. The van der Waals surface area contributed by atoms with E-state index in [0.717, 1.165) is 0 Å². The van der Waals surface area contributed by atoms with Crippen LogP contribution in [0.4, 0.5) is 0 Å². The van der Waals surface area contributed by atoms with Crippen LogP contribution >= 0.6 is 0 Å². The summed E-state index contributed by atoms with van der Waals surface area (Å²) in [6.07, 6.45) is 0.906. The van der Waals surface area contributed by atoms with Gasteiger partial charge in [0.1, 0.15) is 18.1 Å². The van der Waals surface area contributed by atoms with Crippen LogP contribution in [0.1, 0.15) is 38.7 Å². The normalized spacial score (nSPS) is 14.1. The van der Waals surface area contributed by atoms with Crippen molar-refractivity contribution in [2.45, 2.75) is 63.7 Å². The Labute approximate surface area is 216 Å². The number of hydrogen-bond acceptors (Lipinski definition) is 7. The topological polar surface area (TPSA) is 235 Å². The van der Waals surface area contributed by atoms with Gasteiger partial charge in [0, 0.05) is 13.0 Å². The molecule has 3 amide bonds. The standard InChI is InChI=1S/C24H39N7O6/c1-14(2)11-18(23(36)37)30-21(34)17(12-15-7-4-3-5-8-15)29-22(35)19(13-32)31-20(33)16(25)9-6-10-28-24(26)27/h3-5,7-8,14,16-19,32H,6,9-13,25H2,1-2H3,(H,29,35)(H,30,34)(H,31,33)(H,36,37)(H4,26,27,28). The minimum atomic E-state index is -1.38. The lowest BCUT2D eigenvalue weighted by Crippen LogP contribution is -2.58. The van der Waals surface area contributed by atoms with Crippen LogP contribution in [0.3, 0.4) is 0 Å². The molecule has 4 unspecified atom stereocenters. The highest BCUT2D eigenvalue weighted by atomic mass is 16.4. The third kappa shape index (κ3) is 12.2. The molecule has 13 heteroatoms.